The van der Waals surface area contributed by atoms with E-state index in [0.717, 1.165) is 20.3 Å². The molecule has 0 spiro atoms. The number of thiazole rings is 1. The molecule has 4 aromatic rings. The van der Waals surface area contributed by atoms with Crippen molar-refractivity contribution in [2.45, 2.75) is 6.18 Å². The normalized spacial score (nSPS) is 11.9. The zero-order chi connectivity index (χ0) is 22.2. The Balaban J connectivity index is 1.63. The maximum atomic E-state index is 12.8. The van der Waals surface area contributed by atoms with Gasteiger partial charge in [-0.25, -0.2) is 0 Å². The molecule has 1 N–H and O–H groups in total. The van der Waals surface area contributed by atoms with Gasteiger partial charge in [-0.1, -0.05) is 0 Å². The second kappa shape index (κ2) is 8.64. The zero-order valence-electron chi connectivity index (χ0n) is 15.1. The van der Waals surface area contributed by atoms with Crippen LogP contribution in [0, 0.1) is 11.3 Å². The Morgan fingerprint density at radius 2 is 1.74 bits per heavy atom. The van der Waals surface area contributed by atoms with Crippen molar-refractivity contribution in [3.63, 3.8) is 0 Å². The van der Waals surface area contributed by atoms with Crippen LogP contribution in [0.1, 0.15) is 11.1 Å². The van der Waals surface area contributed by atoms with Crippen molar-refractivity contribution >= 4 is 80.3 Å². The summed E-state index contributed by atoms with van der Waals surface area (Å²) in [4.78, 5) is 13.6. The van der Waals surface area contributed by atoms with E-state index in [1.54, 1.807) is 12.1 Å². The molecule has 0 aliphatic carbocycles. The van der Waals surface area contributed by atoms with Crippen molar-refractivity contribution in [1.82, 2.24) is 15.0 Å². The molecular weight excluding hydrogens is 533 g/mol. The first-order valence-electron chi connectivity index (χ1n) is 8.46. The van der Waals surface area contributed by atoms with E-state index >= 15 is 0 Å². The predicted octanol–water partition coefficient (Wildman–Crippen LogP) is 4.41. The molecule has 2 aromatic carbocycles. The summed E-state index contributed by atoms with van der Waals surface area (Å²) in [5.41, 5.74) is 0.593. The molecule has 0 radical (unpaired) electrons. The number of anilines is 2. The Morgan fingerprint density at radius 1 is 1.06 bits per heavy atom. The van der Waals surface area contributed by atoms with E-state index in [0.29, 0.717) is 37.5 Å². The molecule has 0 aliphatic heterocycles. The van der Waals surface area contributed by atoms with E-state index in [1.807, 2.05) is 6.07 Å². The van der Waals surface area contributed by atoms with Crippen LogP contribution in [0.5, 0.6) is 0 Å². The quantitative estimate of drug-likeness (QED) is 0.387. The average Bonchev–Trinajstić information content (AvgIpc) is 3.14. The molecule has 0 amide bonds. The zero-order valence-corrected chi connectivity index (χ0v) is 19.6. The molecule has 0 saturated carbocycles. The Morgan fingerprint density at radius 3 is 2.35 bits per heavy atom. The Kier molecular flexibility index (Phi) is 6.09. The van der Waals surface area contributed by atoms with Crippen LogP contribution < -0.4 is 13.5 Å². The molecule has 0 fully saturated rings. The van der Waals surface area contributed by atoms with Gasteiger partial charge < -0.3 is 0 Å². The molecule has 2 aromatic heterocycles. The second-order valence-electron chi connectivity index (χ2n) is 6.15. The summed E-state index contributed by atoms with van der Waals surface area (Å²) >= 11 is 12.9. The van der Waals surface area contributed by atoms with Crippen LogP contribution in [-0.2, 0) is 6.18 Å². The Hall–Kier alpha value is -2.37. The van der Waals surface area contributed by atoms with Gasteiger partial charge in [0.15, 0.2) is 0 Å². The third kappa shape index (κ3) is 4.78. The van der Waals surface area contributed by atoms with Gasteiger partial charge in [-0.3, -0.25) is 0 Å². The van der Waals surface area contributed by atoms with E-state index in [9.17, 15) is 13.2 Å². The van der Waals surface area contributed by atoms with Crippen molar-refractivity contribution in [3.8, 4) is 6.07 Å². The third-order valence-electron chi connectivity index (χ3n) is 4.07. The number of alkyl halides is 3. The number of nitriles is 1. The summed E-state index contributed by atoms with van der Waals surface area (Å²) in [6.45, 7) is 0. The minimum atomic E-state index is -4.40. The number of halogens is 5. The van der Waals surface area contributed by atoms with Gasteiger partial charge in [-0.15, -0.1) is 0 Å². The van der Waals surface area contributed by atoms with E-state index in [-0.39, 0.29) is 0 Å². The van der Waals surface area contributed by atoms with E-state index in [1.165, 1.54) is 29.8 Å². The van der Waals surface area contributed by atoms with E-state index in [2.05, 4.69) is 20.3 Å². The van der Waals surface area contributed by atoms with Crippen molar-refractivity contribution in [2.24, 2.45) is 0 Å². The number of nitrogens with one attached hydrogen (secondary N) is 1. The van der Waals surface area contributed by atoms with Crippen LogP contribution in [0.15, 0.2) is 42.7 Å². The monoisotopic (exact) mass is 541 g/mol. The van der Waals surface area contributed by atoms with Gasteiger partial charge in [-0.2, -0.15) is 0 Å². The van der Waals surface area contributed by atoms with Gasteiger partial charge >= 0.3 is 195 Å². The van der Waals surface area contributed by atoms with Gasteiger partial charge in [0.2, 0.25) is 0 Å². The van der Waals surface area contributed by atoms with Gasteiger partial charge in [0.05, 0.1) is 0 Å². The topological polar surface area (TPSA) is 74.5 Å². The summed E-state index contributed by atoms with van der Waals surface area (Å²) in [6.07, 6.45) is -3.04. The fourth-order valence-electron chi connectivity index (χ4n) is 2.64. The predicted molar refractivity (Wildman–Crippen MR) is 118 cm³/mol. The maximum absolute atomic E-state index is 12.8. The van der Waals surface area contributed by atoms with Gasteiger partial charge in [0, 0.05) is 0 Å². The summed E-state index contributed by atoms with van der Waals surface area (Å²) in [5.74, 6) is 0.385. The molecule has 5 nitrogen and oxygen atoms in total. The molecule has 0 bridgehead atoms. The number of rotatable bonds is 4. The molecule has 2 heterocycles. The van der Waals surface area contributed by atoms with Gasteiger partial charge in [0.25, 0.3) is 0 Å². The first-order valence-corrected chi connectivity index (χ1v) is 12.1. The van der Waals surface area contributed by atoms with Crippen molar-refractivity contribution in [3.05, 3.63) is 63.9 Å². The van der Waals surface area contributed by atoms with Crippen LogP contribution >= 0.6 is 34.5 Å². The number of hydrogen-bond acceptors (Lipinski definition) is 6. The summed E-state index contributed by atoms with van der Waals surface area (Å²) in [6, 6.07) is 9.78. The molecule has 0 saturated heterocycles. The molecule has 12 heteroatoms. The average molecular weight is 542 g/mol. The first kappa shape index (κ1) is 21.8. The van der Waals surface area contributed by atoms with E-state index in [4.69, 9.17) is 28.5 Å². The molecule has 31 heavy (non-hydrogen) atoms. The van der Waals surface area contributed by atoms with Gasteiger partial charge in [-0.05, 0) is 0 Å². The van der Waals surface area contributed by atoms with E-state index < -0.39 is 27.5 Å². The van der Waals surface area contributed by atoms with Crippen LogP contribution in [0.2, 0.25) is 10.0 Å². The van der Waals surface area contributed by atoms with Gasteiger partial charge in [0.1, 0.15) is 0 Å². The summed E-state index contributed by atoms with van der Waals surface area (Å²) in [5, 5.41) is 12.8. The number of fused-ring (bicyclic) bond motifs is 1. The fraction of sp³-hybridized carbons (Fsp3) is 0.0526. The van der Waals surface area contributed by atoms with Crippen LogP contribution in [0.25, 0.3) is 10.3 Å². The molecular formula is C19H9AsCl2F3N5S. The van der Waals surface area contributed by atoms with Crippen molar-refractivity contribution < 1.29 is 13.2 Å². The van der Waals surface area contributed by atoms with Crippen LogP contribution in [0.3, 0.4) is 0 Å². The summed E-state index contributed by atoms with van der Waals surface area (Å²) < 4.78 is 39.8. The first-order chi connectivity index (χ1) is 14.7. The standard InChI is InChI=1S/C19H9AsCl2F3N5S/c21-12-5-9(7-26)6-13(22)14(12)20-18-30-15-16(27-8-28-17(15)31-18)29-11-3-1-10(2-4-11)19(23,24)25/h1-6,8,20H,(H,27,28,29). The number of aromatic nitrogens is 3. The second-order valence-corrected chi connectivity index (χ2v) is 11.3. The van der Waals surface area contributed by atoms with Crippen LogP contribution in [0.4, 0.5) is 24.7 Å². The molecule has 156 valence electrons. The number of hydrogen-bond donors (Lipinski definition) is 1. The molecule has 1 atom stereocenters. The summed E-state index contributed by atoms with van der Waals surface area (Å²) in [7, 11) is 0. The number of nitrogens with zero attached hydrogens (tertiary/aromatic N) is 4. The van der Waals surface area contributed by atoms with Crippen LogP contribution in [-0.4, -0.2) is 30.7 Å². The number of benzene rings is 2. The Bertz CT molecular complexity index is 1300. The molecule has 0 aliphatic rings. The minimum absolute atomic E-state index is 0.378. The SMILES string of the molecule is N#Cc1cc(Cl)c([AsH]c2nc3c(Nc4ccc(C(F)(F)F)cc4)ncnc3s2)c(Cl)c1. The molecule has 1 unspecified atom stereocenters. The fourth-order valence-corrected chi connectivity index (χ4v) is 7.39. The third-order valence-corrected chi connectivity index (χ3v) is 9.62. The molecule has 4 rings (SSSR count). The van der Waals surface area contributed by atoms with Crippen molar-refractivity contribution in [1.29, 1.82) is 5.26 Å². The van der Waals surface area contributed by atoms with Crippen molar-refractivity contribution in [2.75, 3.05) is 5.32 Å². The Labute approximate surface area is 194 Å².